The van der Waals surface area contributed by atoms with E-state index in [0.29, 0.717) is 13.0 Å². The minimum absolute atomic E-state index is 0.0304. The Balaban J connectivity index is 1.79. The fourth-order valence-corrected chi connectivity index (χ4v) is 1.80. The van der Waals surface area contributed by atoms with E-state index in [1.807, 2.05) is 0 Å². The van der Waals surface area contributed by atoms with Gasteiger partial charge in [-0.1, -0.05) is 12.1 Å². The van der Waals surface area contributed by atoms with E-state index in [4.69, 9.17) is 9.15 Å². The van der Waals surface area contributed by atoms with Gasteiger partial charge in [-0.3, -0.25) is 0 Å². The van der Waals surface area contributed by atoms with E-state index < -0.39 is 12.6 Å². The van der Waals surface area contributed by atoms with Gasteiger partial charge in [0.15, 0.2) is 0 Å². The molecule has 6 nitrogen and oxygen atoms in total. The molecule has 0 aliphatic rings. The smallest absolute Gasteiger partial charge is 0.387 e. The summed E-state index contributed by atoms with van der Waals surface area (Å²) < 4.78 is 38.3. The lowest BCUT2D eigenvalue weighted by Gasteiger charge is -2.06. The van der Waals surface area contributed by atoms with E-state index in [1.54, 1.807) is 19.1 Å². The third kappa shape index (κ3) is 5.24. The van der Waals surface area contributed by atoms with Crippen LogP contribution in [-0.4, -0.2) is 30.7 Å². The SMILES string of the molecule is CCOC(=O)c1cnc(NCCc2ccc(OC(F)F)cc2)o1. The van der Waals surface area contributed by atoms with Crippen molar-refractivity contribution in [3.63, 3.8) is 0 Å². The topological polar surface area (TPSA) is 73.6 Å². The van der Waals surface area contributed by atoms with Crippen LogP contribution in [0.2, 0.25) is 0 Å². The number of hydrogen-bond acceptors (Lipinski definition) is 6. The summed E-state index contributed by atoms with van der Waals surface area (Å²) in [5, 5.41) is 2.92. The molecule has 1 N–H and O–H groups in total. The second kappa shape index (κ2) is 8.11. The van der Waals surface area contributed by atoms with Gasteiger partial charge in [0.1, 0.15) is 5.75 Å². The lowest BCUT2D eigenvalue weighted by Crippen LogP contribution is -2.06. The maximum absolute atomic E-state index is 12.0. The Morgan fingerprint density at radius 3 is 2.74 bits per heavy atom. The normalized spacial score (nSPS) is 10.6. The largest absolute Gasteiger partial charge is 0.460 e. The molecule has 0 saturated heterocycles. The Morgan fingerprint density at radius 2 is 2.09 bits per heavy atom. The van der Waals surface area contributed by atoms with Crippen LogP contribution in [0.3, 0.4) is 0 Å². The third-order valence-electron chi connectivity index (χ3n) is 2.82. The van der Waals surface area contributed by atoms with Gasteiger partial charge < -0.3 is 19.2 Å². The lowest BCUT2D eigenvalue weighted by atomic mass is 10.1. The third-order valence-corrected chi connectivity index (χ3v) is 2.82. The van der Waals surface area contributed by atoms with Crippen LogP contribution in [-0.2, 0) is 11.2 Å². The van der Waals surface area contributed by atoms with Crippen LogP contribution in [0.5, 0.6) is 5.75 Å². The summed E-state index contributed by atoms with van der Waals surface area (Å²) >= 11 is 0. The van der Waals surface area contributed by atoms with Gasteiger partial charge in [-0.05, 0) is 31.0 Å². The molecule has 0 radical (unpaired) electrons. The van der Waals surface area contributed by atoms with Crippen molar-refractivity contribution in [3.05, 3.63) is 41.8 Å². The molecule has 0 atom stereocenters. The number of carbonyl (C=O) groups is 1. The van der Waals surface area contributed by atoms with Gasteiger partial charge in [-0.25, -0.2) is 9.78 Å². The van der Waals surface area contributed by atoms with Crippen molar-refractivity contribution in [2.45, 2.75) is 20.0 Å². The van der Waals surface area contributed by atoms with E-state index in [0.717, 1.165) is 5.56 Å². The molecule has 0 saturated carbocycles. The Bertz CT molecular complexity index is 629. The second-order valence-corrected chi connectivity index (χ2v) is 4.45. The number of anilines is 1. The first kappa shape index (κ1) is 16.7. The molecule has 1 aromatic carbocycles. The maximum atomic E-state index is 12.0. The van der Waals surface area contributed by atoms with Gasteiger partial charge in [0.2, 0.25) is 5.76 Å². The van der Waals surface area contributed by atoms with Crippen LogP contribution in [0, 0.1) is 0 Å². The maximum Gasteiger partial charge on any atom is 0.387 e. The molecule has 0 bridgehead atoms. The van der Waals surface area contributed by atoms with E-state index in [-0.39, 0.29) is 24.1 Å². The van der Waals surface area contributed by atoms with E-state index in [2.05, 4.69) is 15.0 Å². The van der Waals surface area contributed by atoms with Crippen molar-refractivity contribution in [3.8, 4) is 5.75 Å². The molecular formula is C15H16F2N2O4. The van der Waals surface area contributed by atoms with Crippen LogP contribution in [0.25, 0.3) is 0 Å². The van der Waals surface area contributed by atoms with Gasteiger partial charge in [0, 0.05) is 6.54 Å². The Hall–Kier alpha value is -2.64. The zero-order valence-electron chi connectivity index (χ0n) is 12.4. The van der Waals surface area contributed by atoms with Gasteiger partial charge in [-0.15, -0.1) is 0 Å². The van der Waals surface area contributed by atoms with Crippen LogP contribution in [0.15, 0.2) is 34.9 Å². The van der Waals surface area contributed by atoms with Crippen molar-refractivity contribution in [2.24, 2.45) is 0 Å². The molecular weight excluding hydrogens is 310 g/mol. The zero-order valence-corrected chi connectivity index (χ0v) is 12.4. The first-order chi connectivity index (χ1) is 11.1. The summed E-state index contributed by atoms with van der Waals surface area (Å²) in [6.07, 6.45) is 1.91. The van der Waals surface area contributed by atoms with E-state index >= 15 is 0 Å². The van der Waals surface area contributed by atoms with Crippen LogP contribution < -0.4 is 10.1 Å². The fraction of sp³-hybridized carbons (Fsp3) is 0.333. The molecule has 0 amide bonds. The summed E-state index contributed by atoms with van der Waals surface area (Å²) in [6, 6.07) is 6.56. The molecule has 0 spiro atoms. The molecule has 2 rings (SSSR count). The highest BCUT2D eigenvalue weighted by atomic mass is 19.3. The Morgan fingerprint density at radius 1 is 1.35 bits per heavy atom. The summed E-state index contributed by atoms with van der Waals surface area (Å²) in [5.74, 6) is -0.422. The van der Waals surface area contributed by atoms with E-state index in [1.165, 1.54) is 18.3 Å². The number of nitrogens with one attached hydrogen (secondary N) is 1. The summed E-state index contributed by atoms with van der Waals surface area (Å²) in [6.45, 7) is -0.377. The summed E-state index contributed by atoms with van der Waals surface area (Å²) in [7, 11) is 0. The summed E-state index contributed by atoms with van der Waals surface area (Å²) in [4.78, 5) is 15.3. The van der Waals surface area contributed by atoms with Crippen LogP contribution >= 0.6 is 0 Å². The van der Waals surface area contributed by atoms with Gasteiger partial charge in [0.05, 0.1) is 12.8 Å². The molecule has 0 aliphatic heterocycles. The second-order valence-electron chi connectivity index (χ2n) is 4.45. The zero-order chi connectivity index (χ0) is 16.7. The first-order valence-corrected chi connectivity index (χ1v) is 6.99. The molecule has 0 unspecified atom stereocenters. The number of benzene rings is 1. The van der Waals surface area contributed by atoms with Crippen molar-refractivity contribution in [1.82, 2.24) is 4.98 Å². The molecule has 2 aromatic rings. The number of rotatable bonds is 8. The number of ether oxygens (including phenoxy) is 2. The van der Waals surface area contributed by atoms with Crippen molar-refractivity contribution < 1.29 is 27.5 Å². The predicted octanol–water partition coefficient (Wildman–Crippen LogP) is 3.11. The van der Waals surface area contributed by atoms with Crippen molar-refractivity contribution in [1.29, 1.82) is 0 Å². The minimum atomic E-state index is -2.83. The Kier molecular flexibility index (Phi) is 5.90. The average molecular weight is 326 g/mol. The van der Waals surface area contributed by atoms with Gasteiger partial charge in [-0.2, -0.15) is 8.78 Å². The van der Waals surface area contributed by atoms with Crippen LogP contribution in [0.4, 0.5) is 14.8 Å². The first-order valence-electron chi connectivity index (χ1n) is 6.99. The van der Waals surface area contributed by atoms with Gasteiger partial charge >= 0.3 is 12.6 Å². The van der Waals surface area contributed by atoms with E-state index in [9.17, 15) is 13.6 Å². The summed E-state index contributed by atoms with van der Waals surface area (Å²) in [5.41, 5.74) is 0.927. The lowest BCUT2D eigenvalue weighted by molar-refractivity contribution is -0.0498. The molecule has 1 aromatic heterocycles. The predicted molar refractivity (Wildman–Crippen MR) is 77.7 cm³/mol. The molecule has 1 heterocycles. The number of carbonyl (C=O) groups excluding carboxylic acids is 1. The number of halogens is 2. The highest BCUT2D eigenvalue weighted by Crippen LogP contribution is 2.15. The fourth-order valence-electron chi connectivity index (χ4n) is 1.80. The van der Waals surface area contributed by atoms with Crippen LogP contribution in [0.1, 0.15) is 23.0 Å². The minimum Gasteiger partial charge on any atom is -0.460 e. The standard InChI is InChI=1S/C15H16F2N2O4/c1-2-21-13(20)12-9-19-15(23-12)18-8-7-10-3-5-11(6-4-10)22-14(16)17/h3-6,9,14H,2,7-8H2,1H3,(H,18,19). The quantitative estimate of drug-likeness (QED) is 0.752. The number of oxazole rings is 1. The molecule has 0 fully saturated rings. The van der Waals surface area contributed by atoms with Crippen molar-refractivity contribution in [2.75, 3.05) is 18.5 Å². The monoisotopic (exact) mass is 326 g/mol. The molecule has 23 heavy (non-hydrogen) atoms. The number of esters is 1. The van der Waals surface area contributed by atoms with Gasteiger partial charge in [0.25, 0.3) is 6.01 Å². The number of alkyl halides is 2. The number of aromatic nitrogens is 1. The molecule has 0 aliphatic carbocycles. The highest BCUT2D eigenvalue weighted by molar-refractivity contribution is 5.86. The Labute approximate surface area is 131 Å². The van der Waals surface area contributed by atoms with Crippen molar-refractivity contribution >= 4 is 12.0 Å². The highest BCUT2D eigenvalue weighted by Gasteiger charge is 2.13. The molecule has 124 valence electrons. The average Bonchev–Trinajstić information content (AvgIpc) is 2.98. The molecule has 8 heteroatoms. The number of nitrogens with zero attached hydrogens (tertiary/aromatic N) is 1. The number of hydrogen-bond donors (Lipinski definition) is 1.